The zero-order valence-corrected chi connectivity index (χ0v) is 18.1. The zero-order chi connectivity index (χ0) is 20.8. The molecule has 0 aliphatic carbocycles. The van der Waals surface area contributed by atoms with Crippen molar-refractivity contribution in [3.63, 3.8) is 0 Å². The third-order valence-electron chi connectivity index (χ3n) is 5.96. The molecule has 0 radical (unpaired) electrons. The lowest BCUT2D eigenvalue weighted by atomic mass is 9.90. The van der Waals surface area contributed by atoms with Gasteiger partial charge in [0.2, 0.25) is 5.91 Å². The van der Waals surface area contributed by atoms with Crippen molar-refractivity contribution in [3.05, 3.63) is 52.9 Å². The summed E-state index contributed by atoms with van der Waals surface area (Å²) in [5.41, 5.74) is 4.45. The third-order valence-corrected chi connectivity index (χ3v) is 5.96. The molecule has 1 aliphatic heterocycles. The van der Waals surface area contributed by atoms with Crippen molar-refractivity contribution in [2.75, 3.05) is 19.7 Å². The fraction of sp³-hybridized carbons (Fsp3) is 0.500. The Morgan fingerprint density at radius 1 is 1.21 bits per heavy atom. The number of carbonyl (C=O) groups excluding carboxylic acids is 1. The fourth-order valence-corrected chi connectivity index (χ4v) is 4.02. The molecule has 29 heavy (non-hydrogen) atoms. The van der Waals surface area contributed by atoms with Gasteiger partial charge in [-0.05, 0) is 76.1 Å². The van der Waals surface area contributed by atoms with Gasteiger partial charge in [-0.3, -0.25) is 9.48 Å². The number of nitrogens with zero attached hydrogens (tertiary/aromatic N) is 3. The van der Waals surface area contributed by atoms with Crippen LogP contribution in [0.5, 0.6) is 5.75 Å². The van der Waals surface area contributed by atoms with Crippen LogP contribution in [-0.2, 0) is 18.3 Å². The van der Waals surface area contributed by atoms with E-state index in [2.05, 4.69) is 29.4 Å². The molecular weight excluding hydrogens is 362 g/mol. The van der Waals surface area contributed by atoms with Crippen LogP contribution in [0.15, 0.2) is 30.3 Å². The summed E-state index contributed by atoms with van der Waals surface area (Å²) in [7, 11) is 1.93. The van der Waals surface area contributed by atoms with Gasteiger partial charge < -0.3 is 9.64 Å². The lowest BCUT2D eigenvalue weighted by molar-refractivity contribution is -0.127. The maximum atomic E-state index is 12.6. The molecule has 1 aliphatic rings. The van der Waals surface area contributed by atoms with Gasteiger partial charge in [0.05, 0.1) is 12.3 Å². The summed E-state index contributed by atoms with van der Waals surface area (Å²) in [4.78, 5) is 14.5. The van der Waals surface area contributed by atoms with Crippen LogP contribution in [0, 0.1) is 19.8 Å². The largest absolute Gasteiger partial charge is 0.494 e. The van der Waals surface area contributed by atoms with Crippen LogP contribution in [0.4, 0.5) is 0 Å². The Kier molecular flexibility index (Phi) is 7.13. The first kappa shape index (κ1) is 21.2. The number of hydrogen-bond acceptors (Lipinski definition) is 3. The highest BCUT2D eigenvalue weighted by molar-refractivity contribution is 5.92. The van der Waals surface area contributed by atoms with Crippen LogP contribution >= 0.6 is 0 Å². The van der Waals surface area contributed by atoms with Crippen LogP contribution < -0.4 is 4.74 Å². The van der Waals surface area contributed by atoms with Crippen molar-refractivity contribution in [1.82, 2.24) is 14.7 Å². The number of amides is 1. The molecule has 0 unspecified atom stereocenters. The van der Waals surface area contributed by atoms with Crippen LogP contribution in [-0.4, -0.2) is 40.3 Å². The van der Waals surface area contributed by atoms with Gasteiger partial charge in [-0.2, -0.15) is 5.10 Å². The van der Waals surface area contributed by atoms with Gasteiger partial charge in [0.1, 0.15) is 5.75 Å². The number of benzene rings is 1. The van der Waals surface area contributed by atoms with Crippen LogP contribution in [0.1, 0.15) is 48.7 Å². The summed E-state index contributed by atoms with van der Waals surface area (Å²) >= 11 is 0. The quantitative estimate of drug-likeness (QED) is 0.656. The smallest absolute Gasteiger partial charge is 0.246 e. The third kappa shape index (κ3) is 5.49. The summed E-state index contributed by atoms with van der Waals surface area (Å²) < 4.78 is 7.36. The molecule has 0 N–H and O–H groups in total. The number of aromatic nitrogens is 2. The fourth-order valence-electron chi connectivity index (χ4n) is 4.02. The summed E-state index contributed by atoms with van der Waals surface area (Å²) in [6.45, 7) is 8.41. The molecule has 5 heteroatoms. The average molecular weight is 396 g/mol. The van der Waals surface area contributed by atoms with E-state index in [1.54, 1.807) is 6.08 Å². The van der Waals surface area contributed by atoms with E-state index < -0.39 is 0 Å². The van der Waals surface area contributed by atoms with E-state index in [4.69, 9.17) is 4.74 Å². The van der Waals surface area contributed by atoms with Gasteiger partial charge >= 0.3 is 0 Å². The minimum atomic E-state index is 0.109. The molecule has 1 fully saturated rings. The Labute approximate surface area is 174 Å². The molecule has 2 heterocycles. The Morgan fingerprint density at radius 3 is 2.48 bits per heavy atom. The minimum Gasteiger partial charge on any atom is -0.494 e. The number of carbonyl (C=O) groups is 1. The molecule has 5 nitrogen and oxygen atoms in total. The van der Waals surface area contributed by atoms with Crippen molar-refractivity contribution in [3.8, 4) is 5.75 Å². The summed E-state index contributed by atoms with van der Waals surface area (Å²) in [5, 5.41) is 4.40. The molecule has 0 bridgehead atoms. The molecule has 0 saturated carbocycles. The summed E-state index contributed by atoms with van der Waals surface area (Å²) in [5.74, 6) is 1.74. The zero-order valence-electron chi connectivity index (χ0n) is 18.1. The average Bonchev–Trinajstić information content (AvgIpc) is 2.97. The molecular formula is C24H33N3O2. The predicted molar refractivity (Wildman–Crippen MR) is 117 cm³/mol. The normalized spacial score (nSPS) is 15.2. The standard InChI is InChI=1S/C24H33N3O2/c1-5-29-22-10-8-20(9-11-22)6-7-21-14-16-27(17-15-21)24(28)13-12-23-18(2)25-26(4)19(23)3/h8-13,21H,5-7,14-17H2,1-4H3/b13-12+. The topological polar surface area (TPSA) is 47.4 Å². The van der Waals surface area contributed by atoms with E-state index in [-0.39, 0.29) is 5.91 Å². The van der Waals surface area contributed by atoms with E-state index in [1.807, 2.05) is 43.5 Å². The monoisotopic (exact) mass is 395 g/mol. The van der Waals surface area contributed by atoms with Gasteiger partial charge in [0.15, 0.2) is 0 Å². The highest BCUT2D eigenvalue weighted by atomic mass is 16.5. The minimum absolute atomic E-state index is 0.109. The maximum absolute atomic E-state index is 12.6. The lowest BCUT2D eigenvalue weighted by Gasteiger charge is -2.31. The molecule has 2 aromatic rings. The van der Waals surface area contributed by atoms with Gasteiger partial charge in [-0.15, -0.1) is 0 Å². The highest BCUT2D eigenvalue weighted by Crippen LogP contribution is 2.24. The molecule has 1 saturated heterocycles. The number of piperidine rings is 1. The number of hydrogen-bond donors (Lipinski definition) is 0. The van der Waals surface area contributed by atoms with E-state index >= 15 is 0 Å². The Balaban J connectivity index is 1.45. The Hall–Kier alpha value is -2.56. The number of aryl methyl sites for hydroxylation is 3. The highest BCUT2D eigenvalue weighted by Gasteiger charge is 2.21. The molecule has 0 spiro atoms. The Morgan fingerprint density at radius 2 is 1.90 bits per heavy atom. The number of likely N-dealkylation sites (tertiary alicyclic amines) is 1. The summed E-state index contributed by atoms with van der Waals surface area (Å²) in [6.07, 6.45) is 8.06. The van der Waals surface area contributed by atoms with Crippen LogP contribution in [0.3, 0.4) is 0 Å². The van der Waals surface area contributed by atoms with Crippen molar-refractivity contribution in [2.24, 2.45) is 13.0 Å². The second-order valence-corrected chi connectivity index (χ2v) is 7.93. The van der Waals surface area contributed by atoms with E-state index in [1.165, 1.54) is 12.0 Å². The molecule has 1 amide bonds. The van der Waals surface area contributed by atoms with Crippen molar-refractivity contribution < 1.29 is 9.53 Å². The maximum Gasteiger partial charge on any atom is 0.246 e. The first-order chi connectivity index (χ1) is 14.0. The first-order valence-corrected chi connectivity index (χ1v) is 10.7. The number of ether oxygens (including phenoxy) is 1. The van der Waals surface area contributed by atoms with Gasteiger partial charge in [-0.25, -0.2) is 0 Å². The second-order valence-electron chi connectivity index (χ2n) is 7.93. The molecule has 156 valence electrons. The molecule has 0 atom stereocenters. The SMILES string of the molecule is CCOc1ccc(CCC2CCN(C(=O)/C=C/c3c(C)nn(C)c3C)CC2)cc1. The first-order valence-electron chi connectivity index (χ1n) is 10.7. The molecule has 1 aromatic heterocycles. The van der Waals surface area contributed by atoms with Crippen LogP contribution in [0.2, 0.25) is 0 Å². The van der Waals surface area contributed by atoms with Gasteiger partial charge in [0.25, 0.3) is 0 Å². The van der Waals surface area contributed by atoms with Crippen LogP contribution in [0.25, 0.3) is 6.08 Å². The molecule has 1 aromatic carbocycles. The summed E-state index contributed by atoms with van der Waals surface area (Å²) in [6, 6.07) is 8.43. The van der Waals surface area contributed by atoms with E-state index in [9.17, 15) is 4.79 Å². The Bertz CT molecular complexity index is 844. The number of rotatable bonds is 7. The lowest BCUT2D eigenvalue weighted by Crippen LogP contribution is -2.37. The van der Waals surface area contributed by atoms with Crippen molar-refractivity contribution in [2.45, 2.75) is 46.5 Å². The molecule has 3 rings (SSSR count). The second kappa shape index (κ2) is 9.77. The van der Waals surface area contributed by atoms with Gasteiger partial charge in [-0.1, -0.05) is 12.1 Å². The van der Waals surface area contributed by atoms with Gasteiger partial charge in [0, 0.05) is 37.5 Å². The van der Waals surface area contributed by atoms with E-state index in [0.29, 0.717) is 12.5 Å². The predicted octanol–water partition coefficient (Wildman–Crippen LogP) is 4.32. The van der Waals surface area contributed by atoms with Crippen molar-refractivity contribution >= 4 is 12.0 Å². The van der Waals surface area contributed by atoms with E-state index in [0.717, 1.165) is 55.1 Å². The van der Waals surface area contributed by atoms with Crippen molar-refractivity contribution in [1.29, 1.82) is 0 Å².